The van der Waals surface area contributed by atoms with Crippen LogP contribution in [-0.4, -0.2) is 63.9 Å². The molecule has 10 heteroatoms. The molecule has 0 unspecified atom stereocenters. The van der Waals surface area contributed by atoms with Gasteiger partial charge in [0.05, 0.1) is 0 Å². The number of nitrogens with zero attached hydrogens (tertiary/aromatic N) is 4. The van der Waals surface area contributed by atoms with Crippen LogP contribution in [0, 0.1) is 5.41 Å². The van der Waals surface area contributed by atoms with Gasteiger partial charge in [-0.3, -0.25) is 9.69 Å². The van der Waals surface area contributed by atoms with Gasteiger partial charge in [0.25, 0.3) is 0 Å². The quantitative estimate of drug-likeness (QED) is 0.660. The summed E-state index contributed by atoms with van der Waals surface area (Å²) in [5.41, 5.74) is 1.14. The Morgan fingerprint density at radius 2 is 1.84 bits per heavy atom. The maximum atomic E-state index is 12.7. The van der Waals surface area contributed by atoms with E-state index in [1.54, 1.807) is 17.0 Å². The van der Waals surface area contributed by atoms with Crippen molar-refractivity contribution in [1.29, 1.82) is 0 Å². The van der Waals surface area contributed by atoms with Crippen LogP contribution in [0.4, 0.5) is 18.0 Å². The Kier molecular flexibility index (Phi) is 5.98. The fourth-order valence-electron chi connectivity index (χ4n) is 4.61. The van der Waals surface area contributed by atoms with Crippen LogP contribution in [0.2, 0.25) is 0 Å². The molecule has 1 amide bonds. The van der Waals surface area contributed by atoms with Gasteiger partial charge in [0.15, 0.2) is 5.78 Å². The summed E-state index contributed by atoms with van der Waals surface area (Å²) < 4.78 is 42.6. The van der Waals surface area contributed by atoms with Gasteiger partial charge >= 0.3 is 12.4 Å². The number of carbonyl (C=O) groups excluding carboxylic acids is 2. The normalized spacial score (nSPS) is 18.8. The highest BCUT2D eigenvalue weighted by molar-refractivity contribution is 5.92. The zero-order valence-corrected chi connectivity index (χ0v) is 17.8. The average molecular weight is 450 g/mol. The molecule has 2 aromatic rings. The first-order valence-corrected chi connectivity index (χ1v) is 10.6. The molecule has 2 fully saturated rings. The van der Waals surface area contributed by atoms with Crippen LogP contribution in [-0.2, 0) is 6.54 Å². The van der Waals surface area contributed by atoms with E-state index in [0.717, 1.165) is 37.9 Å². The molecule has 0 radical (unpaired) electrons. The molecule has 1 spiro atoms. The molecule has 3 heterocycles. The fourth-order valence-corrected chi connectivity index (χ4v) is 4.61. The molecule has 2 aliphatic heterocycles. The van der Waals surface area contributed by atoms with Crippen LogP contribution in [0.1, 0.15) is 42.2 Å². The largest absolute Gasteiger partial charge is 0.573 e. The number of halogens is 3. The number of ketones is 1. The van der Waals surface area contributed by atoms with Crippen molar-refractivity contribution in [2.45, 2.75) is 39.1 Å². The Morgan fingerprint density at radius 1 is 1.12 bits per heavy atom. The molecule has 1 aromatic carbocycles. The molecule has 172 valence electrons. The van der Waals surface area contributed by atoms with Crippen molar-refractivity contribution in [2.75, 3.05) is 26.2 Å². The SMILES string of the molecule is CC(=O)c1ccn(C(=O)N2CCC3(CCN(Cc4cccc(OC(F)(F)F)c4)C3)CC2)n1. The van der Waals surface area contributed by atoms with E-state index < -0.39 is 6.36 Å². The molecule has 0 bridgehead atoms. The van der Waals surface area contributed by atoms with Gasteiger partial charge in [-0.2, -0.15) is 9.78 Å². The van der Waals surface area contributed by atoms with E-state index in [9.17, 15) is 22.8 Å². The van der Waals surface area contributed by atoms with Crippen LogP contribution < -0.4 is 4.74 Å². The standard InChI is InChI=1S/C22H25F3N4O3/c1-16(30)19-5-9-29(26-19)20(31)28-11-7-21(8-12-28)6-10-27(15-21)14-17-3-2-4-18(13-17)32-22(23,24)25/h2-5,9,13H,6-8,10-12,14-15H2,1H3. The van der Waals surface area contributed by atoms with Crippen molar-refractivity contribution >= 4 is 11.8 Å². The molecule has 1 aromatic heterocycles. The van der Waals surface area contributed by atoms with Crippen LogP contribution in [0.5, 0.6) is 5.75 Å². The Bertz CT molecular complexity index is 996. The summed E-state index contributed by atoms with van der Waals surface area (Å²) in [7, 11) is 0. The number of carbonyl (C=O) groups is 2. The van der Waals surface area contributed by atoms with Crippen molar-refractivity contribution in [1.82, 2.24) is 19.6 Å². The summed E-state index contributed by atoms with van der Waals surface area (Å²) in [5, 5.41) is 4.05. The molecule has 0 aliphatic carbocycles. The lowest BCUT2D eigenvalue weighted by Crippen LogP contribution is -2.45. The van der Waals surface area contributed by atoms with Crippen LogP contribution in [0.25, 0.3) is 0 Å². The minimum absolute atomic E-state index is 0.103. The minimum atomic E-state index is -4.70. The van der Waals surface area contributed by atoms with Gasteiger partial charge in [-0.25, -0.2) is 4.79 Å². The third-order valence-corrected chi connectivity index (χ3v) is 6.30. The Balaban J connectivity index is 1.31. The highest BCUT2D eigenvalue weighted by Gasteiger charge is 2.41. The molecular weight excluding hydrogens is 425 g/mol. The van der Waals surface area contributed by atoms with Gasteiger partial charge in [-0.05, 0) is 55.0 Å². The highest BCUT2D eigenvalue weighted by atomic mass is 19.4. The van der Waals surface area contributed by atoms with Crippen LogP contribution >= 0.6 is 0 Å². The summed E-state index contributed by atoms with van der Waals surface area (Å²) >= 11 is 0. The van der Waals surface area contributed by atoms with Gasteiger partial charge in [-0.1, -0.05) is 12.1 Å². The molecule has 32 heavy (non-hydrogen) atoms. The highest BCUT2D eigenvalue weighted by Crippen LogP contribution is 2.41. The number of hydrogen-bond acceptors (Lipinski definition) is 5. The number of aromatic nitrogens is 2. The summed E-state index contributed by atoms with van der Waals surface area (Å²) in [6, 6.07) is 7.40. The minimum Gasteiger partial charge on any atom is -0.406 e. The number of likely N-dealkylation sites (tertiary alicyclic amines) is 2. The fraction of sp³-hybridized carbons (Fsp3) is 0.500. The second-order valence-electron chi connectivity index (χ2n) is 8.63. The average Bonchev–Trinajstić information content (AvgIpc) is 3.35. The van der Waals surface area contributed by atoms with Gasteiger partial charge in [0, 0.05) is 39.3 Å². The van der Waals surface area contributed by atoms with E-state index in [1.807, 2.05) is 0 Å². The molecular formula is C22H25F3N4O3. The second kappa shape index (κ2) is 8.57. The lowest BCUT2D eigenvalue weighted by molar-refractivity contribution is -0.274. The maximum Gasteiger partial charge on any atom is 0.573 e. The molecule has 0 atom stereocenters. The number of benzene rings is 1. The summed E-state index contributed by atoms with van der Waals surface area (Å²) in [6.07, 6.45) is -0.493. The monoisotopic (exact) mass is 450 g/mol. The van der Waals surface area contributed by atoms with E-state index in [-0.39, 0.29) is 28.7 Å². The van der Waals surface area contributed by atoms with Gasteiger partial charge < -0.3 is 9.64 Å². The molecule has 4 rings (SSSR count). The van der Waals surface area contributed by atoms with Gasteiger partial charge in [-0.15, -0.1) is 13.2 Å². The van der Waals surface area contributed by atoms with Gasteiger partial charge in [0.2, 0.25) is 0 Å². The number of amides is 1. The number of alkyl halides is 3. The predicted octanol–water partition coefficient (Wildman–Crippen LogP) is 3.94. The van der Waals surface area contributed by atoms with Crippen LogP contribution in [0.15, 0.2) is 36.5 Å². The lowest BCUT2D eigenvalue weighted by Gasteiger charge is -2.39. The van der Waals surface area contributed by atoms with E-state index >= 15 is 0 Å². The molecule has 0 N–H and O–H groups in total. The number of piperidine rings is 1. The third-order valence-electron chi connectivity index (χ3n) is 6.30. The Labute approximate surface area is 183 Å². The first kappa shape index (κ1) is 22.3. The zero-order chi connectivity index (χ0) is 22.9. The van der Waals surface area contributed by atoms with Crippen molar-refractivity contribution in [3.63, 3.8) is 0 Å². The summed E-state index contributed by atoms with van der Waals surface area (Å²) in [5.74, 6) is -0.391. The molecule has 7 nitrogen and oxygen atoms in total. The molecule has 0 saturated carbocycles. The third kappa shape index (κ3) is 5.12. The lowest BCUT2D eigenvalue weighted by atomic mass is 9.78. The number of Topliss-reactive ketones (excluding diaryl/α,β-unsaturated/α-hetero) is 1. The summed E-state index contributed by atoms with van der Waals surface area (Å²) in [4.78, 5) is 28.1. The predicted molar refractivity (Wildman–Crippen MR) is 109 cm³/mol. The number of hydrogen-bond donors (Lipinski definition) is 0. The topological polar surface area (TPSA) is 67.7 Å². The van der Waals surface area contributed by atoms with Gasteiger partial charge in [0.1, 0.15) is 11.4 Å². The first-order valence-electron chi connectivity index (χ1n) is 10.6. The first-order chi connectivity index (χ1) is 15.1. The second-order valence-corrected chi connectivity index (χ2v) is 8.63. The molecule has 2 saturated heterocycles. The smallest absolute Gasteiger partial charge is 0.406 e. The van der Waals surface area contributed by atoms with Crippen molar-refractivity contribution < 1.29 is 27.5 Å². The summed E-state index contributed by atoms with van der Waals surface area (Å²) in [6.45, 7) is 4.89. The van der Waals surface area contributed by atoms with Crippen molar-refractivity contribution in [3.05, 3.63) is 47.8 Å². The van der Waals surface area contributed by atoms with E-state index in [1.165, 1.54) is 36.0 Å². The Morgan fingerprint density at radius 3 is 2.50 bits per heavy atom. The Hall–Kier alpha value is -2.88. The zero-order valence-electron chi connectivity index (χ0n) is 17.8. The van der Waals surface area contributed by atoms with Crippen molar-refractivity contribution in [2.24, 2.45) is 5.41 Å². The molecule has 2 aliphatic rings. The van der Waals surface area contributed by atoms with E-state index in [2.05, 4.69) is 14.7 Å². The van der Waals surface area contributed by atoms with E-state index in [4.69, 9.17) is 0 Å². The maximum absolute atomic E-state index is 12.7. The number of ether oxygens (including phenoxy) is 1. The van der Waals surface area contributed by atoms with E-state index in [0.29, 0.717) is 19.6 Å². The number of rotatable bonds is 4. The van der Waals surface area contributed by atoms with Crippen molar-refractivity contribution in [3.8, 4) is 5.75 Å². The van der Waals surface area contributed by atoms with Crippen LogP contribution in [0.3, 0.4) is 0 Å².